The molecule has 0 spiro atoms. The van der Waals surface area contributed by atoms with Crippen LogP contribution in [0.1, 0.15) is 25.0 Å². The van der Waals surface area contributed by atoms with Crippen LogP contribution in [-0.2, 0) is 12.3 Å². The molecule has 0 N–H and O–H groups in total. The first-order valence-corrected chi connectivity index (χ1v) is 6.08. The van der Waals surface area contributed by atoms with Crippen LogP contribution in [0.25, 0.3) is 0 Å². The summed E-state index contributed by atoms with van der Waals surface area (Å²) in [5.74, 6) is 1.32. The summed E-state index contributed by atoms with van der Waals surface area (Å²) in [4.78, 5) is 0. The van der Waals surface area contributed by atoms with E-state index in [2.05, 4.69) is 54.6 Å². The molecule has 0 radical (unpaired) electrons. The summed E-state index contributed by atoms with van der Waals surface area (Å²) < 4.78 is 1.34. The average molecular weight is 309 g/mol. The molecular weight excluding hydrogens is 294 g/mol. The normalized spacial score (nSPS) is 10.8. The van der Waals surface area contributed by atoms with Crippen molar-refractivity contribution in [3.8, 4) is 0 Å². The number of hydrogen-bond donors (Lipinski definition) is 0. The summed E-state index contributed by atoms with van der Waals surface area (Å²) in [6.45, 7) is 4.47. The van der Waals surface area contributed by atoms with E-state index in [1.807, 2.05) is 0 Å². The van der Waals surface area contributed by atoms with Gasteiger partial charge in [-0.05, 0) is 52.1 Å². The predicted octanol–water partition coefficient (Wildman–Crippen LogP) is 4.23. The molecule has 0 saturated heterocycles. The van der Waals surface area contributed by atoms with Crippen LogP contribution < -0.4 is 0 Å². The Balaban J connectivity index is 3.00. The molecule has 1 aromatic rings. The van der Waals surface area contributed by atoms with E-state index in [9.17, 15) is 0 Å². The summed E-state index contributed by atoms with van der Waals surface area (Å²) in [5.41, 5.74) is 2.70. The standard InChI is InChI=1S/C11H14ClI/c1-8(2)6-10-9(7-12)4-3-5-11(10)13/h3-5,8H,6-7H2,1-2H3. The third kappa shape index (κ3) is 3.13. The van der Waals surface area contributed by atoms with Gasteiger partial charge in [-0.25, -0.2) is 0 Å². The predicted molar refractivity (Wildman–Crippen MR) is 67.3 cm³/mol. The minimum Gasteiger partial charge on any atom is -0.122 e. The number of hydrogen-bond acceptors (Lipinski definition) is 0. The van der Waals surface area contributed by atoms with Crippen LogP contribution >= 0.6 is 34.2 Å². The lowest BCUT2D eigenvalue weighted by Crippen LogP contribution is -2.00. The highest BCUT2D eigenvalue weighted by Crippen LogP contribution is 2.21. The van der Waals surface area contributed by atoms with Crippen molar-refractivity contribution in [1.29, 1.82) is 0 Å². The van der Waals surface area contributed by atoms with Gasteiger partial charge >= 0.3 is 0 Å². The van der Waals surface area contributed by atoms with Gasteiger partial charge in [-0.2, -0.15) is 0 Å². The Bertz CT molecular complexity index is 281. The van der Waals surface area contributed by atoms with Crippen molar-refractivity contribution < 1.29 is 0 Å². The molecule has 0 fully saturated rings. The molecule has 0 bridgehead atoms. The van der Waals surface area contributed by atoms with Gasteiger partial charge in [0.25, 0.3) is 0 Å². The topological polar surface area (TPSA) is 0 Å². The van der Waals surface area contributed by atoms with Gasteiger partial charge in [0, 0.05) is 9.45 Å². The van der Waals surface area contributed by atoms with E-state index in [0.29, 0.717) is 11.8 Å². The fourth-order valence-electron chi connectivity index (χ4n) is 1.37. The Kier molecular flexibility index (Phi) is 4.53. The molecule has 2 heteroatoms. The van der Waals surface area contributed by atoms with Crippen LogP contribution in [0.3, 0.4) is 0 Å². The van der Waals surface area contributed by atoms with Crippen LogP contribution in [0, 0.1) is 9.49 Å². The maximum atomic E-state index is 5.88. The molecule has 0 unspecified atom stereocenters. The minimum atomic E-state index is 0.624. The number of alkyl halides is 1. The van der Waals surface area contributed by atoms with Crippen molar-refractivity contribution in [1.82, 2.24) is 0 Å². The molecule has 0 aromatic heterocycles. The summed E-state index contributed by atoms with van der Waals surface area (Å²) in [6.07, 6.45) is 1.13. The van der Waals surface area contributed by atoms with Crippen molar-refractivity contribution in [2.24, 2.45) is 5.92 Å². The first kappa shape index (κ1) is 11.3. The highest BCUT2D eigenvalue weighted by atomic mass is 127. The van der Waals surface area contributed by atoms with Crippen LogP contribution in [0.2, 0.25) is 0 Å². The van der Waals surface area contributed by atoms with Gasteiger partial charge in [-0.1, -0.05) is 26.0 Å². The van der Waals surface area contributed by atoms with Crippen LogP contribution in [0.5, 0.6) is 0 Å². The van der Waals surface area contributed by atoms with Crippen molar-refractivity contribution in [2.45, 2.75) is 26.1 Å². The molecule has 72 valence electrons. The highest BCUT2D eigenvalue weighted by Gasteiger charge is 2.07. The quantitative estimate of drug-likeness (QED) is 0.579. The van der Waals surface area contributed by atoms with E-state index in [0.717, 1.165) is 6.42 Å². The highest BCUT2D eigenvalue weighted by molar-refractivity contribution is 14.1. The summed E-state index contributed by atoms with van der Waals surface area (Å²) >= 11 is 8.27. The van der Waals surface area contributed by atoms with Crippen molar-refractivity contribution >= 4 is 34.2 Å². The summed E-state index contributed by atoms with van der Waals surface area (Å²) in [7, 11) is 0. The van der Waals surface area contributed by atoms with Gasteiger partial charge in [0.05, 0.1) is 0 Å². The van der Waals surface area contributed by atoms with E-state index < -0.39 is 0 Å². The van der Waals surface area contributed by atoms with Crippen LogP contribution in [0.4, 0.5) is 0 Å². The third-order valence-corrected chi connectivity index (χ3v) is 3.27. The van der Waals surface area contributed by atoms with Gasteiger partial charge in [0.2, 0.25) is 0 Å². The smallest absolute Gasteiger partial charge is 0.0477 e. The van der Waals surface area contributed by atoms with Gasteiger partial charge in [-0.15, -0.1) is 11.6 Å². The Morgan fingerprint density at radius 3 is 2.62 bits per heavy atom. The second-order valence-electron chi connectivity index (χ2n) is 3.61. The lowest BCUT2D eigenvalue weighted by molar-refractivity contribution is 0.642. The average Bonchev–Trinajstić information content (AvgIpc) is 2.08. The molecule has 0 aliphatic heterocycles. The molecule has 13 heavy (non-hydrogen) atoms. The maximum Gasteiger partial charge on any atom is 0.0477 e. The second kappa shape index (κ2) is 5.20. The lowest BCUT2D eigenvalue weighted by atomic mass is 9.99. The second-order valence-corrected chi connectivity index (χ2v) is 5.04. The van der Waals surface area contributed by atoms with Crippen molar-refractivity contribution in [3.63, 3.8) is 0 Å². The molecule has 0 atom stereocenters. The van der Waals surface area contributed by atoms with Gasteiger partial charge < -0.3 is 0 Å². The van der Waals surface area contributed by atoms with Crippen LogP contribution in [0.15, 0.2) is 18.2 Å². The summed E-state index contributed by atoms with van der Waals surface area (Å²) in [5, 5.41) is 0. The Morgan fingerprint density at radius 2 is 2.08 bits per heavy atom. The Labute approximate surface area is 98.8 Å². The fourth-order valence-corrected chi connectivity index (χ4v) is 2.39. The fraction of sp³-hybridized carbons (Fsp3) is 0.455. The maximum absolute atomic E-state index is 5.88. The van der Waals surface area contributed by atoms with Crippen molar-refractivity contribution in [2.75, 3.05) is 0 Å². The molecule has 0 heterocycles. The van der Waals surface area contributed by atoms with E-state index >= 15 is 0 Å². The number of benzene rings is 1. The SMILES string of the molecule is CC(C)Cc1c(I)cccc1CCl. The monoisotopic (exact) mass is 308 g/mol. The summed E-state index contributed by atoms with van der Waals surface area (Å²) in [6, 6.07) is 6.34. The van der Waals surface area contributed by atoms with E-state index in [1.165, 1.54) is 14.7 Å². The van der Waals surface area contributed by atoms with E-state index in [1.54, 1.807) is 0 Å². The van der Waals surface area contributed by atoms with Gasteiger partial charge in [0.1, 0.15) is 0 Å². The zero-order chi connectivity index (χ0) is 9.84. The van der Waals surface area contributed by atoms with Crippen LogP contribution in [-0.4, -0.2) is 0 Å². The van der Waals surface area contributed by atoms with E-state index in [-0.39, 0.29) is 0 Å². The lowest BCUT2D eigenvalue weighted by Gasteiger charge is -2.11. The molecule has 1 rings (SSSR count). The molecule has 0 aliphatic carbocycles. The molecule has 0 aliphatic rings. The molecule has 0 nitrogen and oxygen atoms in total. The molecular formula is C11H14ClI. The van der Waals surface area contributed by atoms with Crippen molar-refractivity contribution in [3.05, 3.63) is 32.9 Å². The minimum absolute atomic E-state index is 0.624. The largest absolute Gasteiger partial charge is 0.122 e. The first-order chi connectivity index (χ1) is 6.15. The van der Waals surface area contributed by atoms with Gasteiger partial charge in [0.15, 0.2) is 0 Å². The molecule has 0 saturated carbocycles. The molecule has 0 amide bonds. The first-order valence-electron chi connectivity index (χ1n) is 4.47. The van der Waals surface area contributed by atoms with Gasteiger partial charge in [-0.3, -0.25) is 0 Å². The van der Waals surface area contributed by atoms with E-state index in [4.69, 9.17) is 11.6 Å². The zero-order valence-electron chi connectivity index (χ0n) is 7.98. The number of halogens is 2. The zero-order valence-corrected chi connectivity index (χ0v) is 10.9. The number of rotatable bonds is 3. The Hall–Kier alpha value is 0.240. The Morgan fingerprint density at radius 1 is 1.38 bits per heavy atom. The molecule has 1 aromatic carbocycles. The third-order valence-electron chi connectivity index (χ3n) is 1.97.